The van der Waals surface area contributed by atoms with Crippen molar-refractivity contribution in [3.63, 3.8) is 0 Å². The number of rotatable bonds is 69. The molecule has 0 rings (SSSR count). The number of carbonyl (C=O) groups excluding carboxylic acids is 4. The molecule has 560 valence electrons. The summed E-state index contributed by atoms with van der Waals surface area (Å²) >= 11 is 0. The molecule has 17 nitrogen and oxygen atoms in total. The molecule has 0 aliphatic rings. The van der Waals surface area contributed by atoms with Crippen LogP contribution in [-0.4, -0.2) is 96.7 Å². The van der Waals surface area contributed by atoms with E-state index in [1.807, 2.05) is 36.5 Å². The number of esters is 4. The Hall–Kier alpha value is -4.80. The summed E-state index contributed by atoms with van der Waals surface area (Å²) in [6, 6.07) is 0. The van der Waals surface area contributed by atoms with Gasteiger partial charge in [-0.25, -0.2) is 9.13 Å². The van der Waals surface area contributed by atoms with Crippen molar-refractivity contribution < 1.29 is 80.2 Å². The minimum atomic E-state index is -5.00. The Morgan fingerprint density at radius 3 is 0.867 bits per heavy atom. The van der Waals surface area contributed by atoms with Gasteiger partial charge in [0.15, 0.2) is 12.2 Å². The maximum atomic E-state index is 13.1. The van der Waals surface area contributed by atoms with Gasteiger partial charge in [-0.05, 0) is 103 Å². The lowest BCUT2D eigenvalue weighted by Crippen LogP contribution is -2.30. The Kier molecular flexibility index (Phi) is 67.2. The third-order valence-corrected chi connectivity index (χ3v) is 17.1. The highest BCUT2D eigenvalue weighted by Crippen LogP contribution is 2.45. The normalized spacial score (nSPS) is 14.7. The van der Waals surface area contributed by atoms with Crippen LogP contribution in [0.1, 0.15) is 285 Å². The first-order valence-electron chi connectivity index (χ1n) is 37.4. The Morgan fingerprint density at radius 2 is 0.561 bits per heavy atom. The zero-order valence-electron chi connectivity index (χ0n) is 60.9. The van der Waals surface area contributed by atoms with Gasteiger partial charge in [-0.1, -0.05) is 290 Å². The van der Waals surface area contributed by atoms with Crippen LogP contribution < -0.4 is 0 Å². The highest BCUT2D eigenvalue weighted by molar-refractivity contribution is 7.47. The van der Waals surface area contributed by atoms with Gasteiger partial charge in [0.25, 0.3) is 0 Å². The van der Waals surface area contributed by atoms with Gasteiger partial charge in [0.2, 0.25) is 0 Å². The van der Waals surface area contributed by atoms with Gasteiger partial charge >= 0.3 is 39.5 Å². The van der Waals surface area contributed by atoms with Crippen molar-refractivity contribution in [1.29, 1.82) is 0 Å². The highest BCUT2D eigenvalue weighted by atomic mass is 31.2. The summed E-state index contributed by atoms with van der Waals surface area (Å²) in [5, 5.41) is 10.6. The van der Waals surface area contributed by atoms with Crippen LogP contribution in [0.3, 0.4) is 0 Å². The van der Waals surface area contributed by atoms with Gasteiger partial charge in [-0.2, -0.15) is 0 Å². The second-order valence-electron chi connectivity index (χ2n) is 24.5. The van der Waals surface area contributed by atoms with E-state index in [2.05, 4.69) is 113 Å². The first-order valence-corrected chi connectivity index (χ1v) is 40.4. The van der Waals surface area contributed by atoms with Crippen molar-refractivity contribution in [2.24, 2.45) is 0 Å². The van der Waals surface area contributed by atoms with Crippen molar-refractivity contribution in [3.05, 3.63) is 134 Å². The quantitative estimate of drug-likeness (QED) is 0.0169. The lowest BCUT2D eigenvalue weighted by Gasteiger charge is -2.21. The molecule has 0 spiro atoms. The minimum absolute atomic E-state index is 0.0608. The van der Waals surface area contributed by atoms with Gasteiger partial charge < -0.3 is 33.8 Å². The lowest BCUT2D eigenvalue weighted by atomic mass is 10.0. The van der Waals surface area contributed by atoms with Crippen LogP contribution in [0.25, 0.3) is 0 Å². The van der Waals surface area contributed by atoms with Crippen LogP contribution in [0.4, 0.5) is 0 Å². The van der Waals surface area contributed by atoms with Crippen molar-refractivity contribution in [2.45, 2.75) is 303 Å². The number of aliphatic hydroxyl groups excluding tert-OH is 1. The van der Waals surface area contributed by atoms with Crippen LogP contribution in [0, 0.1) is 0 Å². The van der Waals surface area contributed by atoms with E-state index in [-0.39, 0.29) is 25.7 Å². The van der Waals surface area contributed by atoms with E-state index in [9.17, 15) is 43.2 Å². The monoisotopic (exact) mass is 1410 g/mol. The summed E-state index contributed by atoms with van der Waals surface area (Å²) in [7, 11) is -10.0. The number of phosphoric ester groups is 2. The third kappa shape index (κ3) is 69.7. The predicted molar refractivity (Wildman–Crippen MR) is 399 cm³/mol. The maximum absolute atomic E-state index is 13.1. The first kappa shape index (κ1) is 93.2. The molecular formula is C79H132O17P2. The molecule has 0 aromatic rings. The second kappa shape index (κ2) is 70.6. The summed E-state index contributed by atoms with van der Waals surface area (Å²) in [6.45, 7) is 4.39. The number of unbranched alkanes of at least 4 members (excludes halogenated alkanes) is 23. The number of phosphoric acid groups is 2. The van der Waals surface area contributed by atoms with Crippen LogP contribution >= 0.6 is 15.6 Å². The second-order valence-corrected chi connectivity index (χ2v) is 27.4. The summed E-state index contributed by atoms with van der Waals surface area (Å²) in [5.74, 6) is -2.48. The molecule has 0 aliphatic carbocycles. The molecule has 5 atom stereocenters. The van der Waals surface area contributed by atoms with E-state index in [1.54, 1.807) is 12.2 Å². The number of hydrogen-bond acceptors (Lipinski definition) is 15. The average molecular weight is 1420 g/mol. The molecule has 0 heterocycles. The van der Waals surface area contributed by atoms with E-state index in [0.717, 1.165) is 116 Å². The zero-order chi connectivity index (χ0) is 71.8. The molecule has 0 amide bonds. The zero-order valence-corrected chi connectivity index (χ0v) is 62.7. The molecule has 0 aromatic heterocycles. The number of carbonyl (C=O) groups is 4. The molecule has 19 heteroatoms. The van der Waals surface area contributed by atoms with Gasteiger partial charge in [-0.15, -0.1) is 0 Å². The highest BCUT2D eigenvalue weighted by Gasteiger charge is 2.30. The summed E-state index contributed by atoms with van der Waals surface area (Å²) < 4.78 is 68.1. The molecule has 0 saturated heterocycles. The predicted octanol–water partition coefficient (Wildman–Crippen LogP) is 21.3. The molecule has 3 N–H and O–H groups in total. The summed E-state index contributed by atoms with van der Waals surface area (Å²) in [6.07, 6.45) is 78.0. The Balaban J connectivity index is 5.48. The Labute approximate surface area is 593 Å². The van der Waals surface area contributed by atoms with E-state index in [0.29, 0.717) is 25.7 Å². The molecular weight excluding hydrogens is 1280 g/mol. The minimum Gasteiger partial charge on any atom is -0.461 e. The summed E-state index contributed by atoms with van der Waals surface area (Å²) in [5.41, 5.74) is 0. The van der Waals surface area contributed by atoms with Crippen molar-refractivity contribution >= 4 is 39.5 Å². The van der Waals surface area contributed by atoms with Crippen LogP contribution in [0.2, 0.25) is 0 Å². The SMILES string of the molecule is CC/C=C\C/C=C\C/C=C\C/C=C\C/C=C\CC(=O)OCC(COP(=O)(O)OCC(O)COP(=O)(O)OCC(COC(=O)C/C=C\C/C=C\C/C=C\C/C=C\C/C=C\CC)OC(=O)CCCCCCCCCCCCCCCCC)OC(=O)CCCCCCC/C=C\CCCCCC. The standard InChI is InChI=1S/C79H132O17P2/c1-5-9-13-17-21-25-29-33-36-40-43-47-51-55-59-63-76(81)89-69-74(95-78(83)65-61-57-53-49-45-39-32-28-24-20-16-12-8-4)71-93-97(85,86)91-67-73(80)68-92-98(87,88)94-72-75(96-79(84)66-62-58-54-50-46-42-38-35-31-27-23-19-15-11-7-3)70-90-77(82)64-60-56-52-48-44-41-37-34-30-26-22-18-14-10-6-2/h9-10,13-14,21-22,25-26,28,32-34,36-37,43-44,47-48,55-56,59-60,73-75,80H,5-8,11-12,15-20,23-24,27,29-31,35,38-42,45-46,49-54,57-58,61-72H2,1-4H3,(H,85,86)(H,87,88)/b13-9-,14-10-,25-21-,26-22-,32-28-,36-33-,37-34-,47-43-,48-44-,59-55-,60-56-. The smallest absolute Gasteiger partial charge is 0.461 e. The lowest BCUT2D eigenvalue weighted by molar-refractivity contribution is -0.161. The third-order valence-electron chi connectivity index (χ3n) is 15.2. The van der Waals surface area contributed by atoms with Crippen LogP contribution in [-0.2, 0) is 65.4 Å². The average Bonchev–Trinajstić information content (AvgIpc) is 0.959. The number of allylic oxidation sites excluding steroid dienone is 20. The Bertz CT molecular complexity index is 2380. The van der Waals surface area contributed by atoms with E-state index in [1.165, 1.54) is 89.9 Å². The molecule has 0 fully saturated rings. The molecule has 0 aromatic carbocycles. The molecule has 98 heavy (non-hydrogen) atoms. The Morgan fingerprint density at radius 1 is 0.306 bits per heavy atom. The summed E-state index contributed by atoms with van der Waals surface area (Å²) in [4.78, 5) is 72.7. The number of hydrogen-bond donors (Lipinski definition) is 3. The fraction of sp³-hybridized carbons (Fsp3) is 0.671. The van der Waals surface area contributed by atoms with E-state index < -0.39 is 97.5 Å². The fourth-order valence-electron chi connectivity index (χ4n) is 9.54. The van der Waals surface area contributed by atoms with Gasteiger partial charge in [-0.3, -0.25) is 37.3 Å². The van der Waals surface area contributed by atoms with Crippen LogP contribution in [0.5, 0.6) is 0 Å². The molecule has 0 bridgehead atoms. The molecule has 5 unspecified atom stereocenters. The van der Waals surface area contributed by atoms with Crippen molar-refractivity contribution in [3.8, 4) is 0 Å². The van der Waals surface area contributed by atoms with E-state index in [4.69, 9.17) is 37.0 Å². The topological polar surface area (TPSA) is 237 Å². The van der Waals surface area contributed by atoms with Crippen molar-refractivity contribution in [1.82, 2.24) is 0 Å². The molecule has 0 aliphatic heterocycles. The van der Waals surface area contributed by atoms with Gasteiger partial charge in [0.1, 0.15) is 19.3 Å². The van der Waals surface area contributed by atoms with Gasteiger partial charge in [0.05, 0.1) is 39.3 Å². The van der Waals surface area contributed by atoms with Crippen molar-refractivity contribution in [2.75, 3.05) is 39.6 Å². The maximum Gasteiger partial charge on any atom is 0.472 e. The van der Waals surface area contributed by atoms with Gasteiger partial charge in [0, 0.05) is 12.8 Å². The van der Waals surface area contributed by atoms with E-state index >= 15 is 0 Å². The first-order chi connectivity index (χ1) is 47.7. The van der Waals surface area contributed by atoms with Crippen LogP contribution in [0.15, 0.2) is 134 Å². The number of ether oxygens (including phenoxy) is 4. The molecule has 0 saturated carbocycles. The molecule has 0 radical (unpaired) electrons. The number of aliphatic hydroxyl groups is 1. The fourth-order valence-corrected chi connectivity index (χ4v) is 11.1. The largest absolute Gasteiger partial charge is 0.472 e.